The first-order valence-electron chi connectivity index (χ1n) is 3.66. The van der Waals surface area contributed by atoms with Crippen LogP contribution in [0.4, 0.5) is 0 Å². The highest BCUT2D eigenvalue weighted by molar-refractivity contribution is 5.83. The van der Waals surface area contributed by atoms with E-state index in [1.807, 2.05) is 18.0 Å². The Labute approximate surface area is 62.0 Å². The van der Waals surface area contributed by atoms with Gasteiger partial charge in [-0.25, -0.2) is 0 Å². The number of likely N-dealkylation sites (tertiary alicyclic amines) is 1. The van der Waals surface area contributed by atoms with Crippen LogP contribution in [0, 0.1) is 11.3 Å². The molecule has 0 bridgehead atoms. The molecule has 0 radical (unpaired) electrons. The van der Waals surface area contributed by atoms with E-state index in [2.05, 4.69) is 6.58 Å². The predicted molar refractivity (Wildman–Crippen MR) is 43.3 cm³/mol. The molecule has 2 nitrogen and oxygen atoms in total. The summed E-state index contributed by atoms with van der Waals surface area (Å²) in [5.74, 6) is 1.22. The van der Waals surface area contributed by atoms with Gasteiger partial charge < -0.3 is 4.90 Å². The minimum Gasteiger partial charge on any atom is -0.363 e. The lowest BCUT2D eigenvalue weighted by Crippen LogP contribution is -2.21. The van der Waals surface area contributed by atoms with Gasteiger partial charge in [-0.1, -0.05) is 6.08 Å². The van der Waals surface area contributed by atoms with Gasteiger partial charge in [0.15, 0.2) is 0 Å². The van der Waals surface area contributed by atoms with Gasteiger partial charge in [0.25, 0.3) is 0 Å². The number of nitrogens with zero attached hydrogens (tertiary/aromatic N) is 1. The topological polar surface area (TPSA) is 27.1 Å². The number of rotatable bonds is 2. The Bertz CT molecular complexity index is 151. The molecular weight excluding hydrogens is 124 g/mol. The van der Waals surface area contributed by atoms with Crippen molar-refractivity contribution in [3.05, 3.63) is 12.7 Å². The standard InChI is InChI=1S/C8H14N2/c1-3-4-7-5-6-10(2)8(7)9/h3,7,9H,1,4-6H2,2H3. The lowest BCUT2D eigenvalue weighted by atomic mass is 10.0. The molecule has 1 aliphatic rings. The maximum atomic E-state index is 7.59. The molecule has 0 spiro atoms. The van der Waals surface area contributed by atoms with Crippen LogP contribution in [0.15, 0.2) is 12.7 Å². The highest BCUT2D eigenvalue weighted by atomic mass is 15.2. The first kappa shape index (κ1) is 7.32. The number of hydrogen-bond acceptors (Lipinski definition) is 1. The molecule has 1 atom stereocenters. The summed E-state index contributed by atoms with van der Waals surface area (Å²) in [6.07, 6.45) is 3.99. The summed E-state index contributed by atoms with van der Waals surface area (Å²) in [6.45, 7) is 4.71. The van der Waals surface area contributed by atoms with Crippen molar-refractivity contribution in [1.29, 1.82) is 5.41 Å². The maximum Gasteiger partial charge on any atom is 0.0990 e. The van der Waals surface area contributed by atoms with E-state index in [0.29, 0.717) is 5.92 Å². The zero-order valence-corrected chi connectivity index (χ0v) is 6.43. The summed E-state index contributed by atoms with van der Waals surface area (Å²) in [4.78, 5) is 2.01. The summed E-state index contributed by atoms with van der Waals surface area (Å²) < 4.78 is 0. The molecule has 0 aromatic heterocycles. The van der Waals surface area contributed by atoms with Gasteiger partial charge in [-0.15, -0.1) is 6.58 Å². The van der Waals surface area contributed by atoms with E-state index in [-0.39, 0.29) is 0 Å². The van der Waals surface area contributed by atoms with Crippen LogP contribution in [0.1, 0.15) is 12.8 Å². The second-order valence-electron chi connectivity index (χ2n) is 2.82. The highest BCUT2D eigenvalue weighted by Crippen LogP contribution is 2.19. The zero-order chi connectivity index (χ0) is 7.56. The van der Waals surface area contributed by atoms with Crippen molar-refractivity contribution in [2.45, 2.75) is 12.8 Å². The van der Waals surface area contributed by atoms with Crippen molar-refractivity contribution in [2.75, 3.05) is 13.6 Å². The second-order valence-corrected chi connectivity index (χ2v) is 2.82. The zero-order valence-electron chi connectivity index (χ0n) is 6.43. The maximum absolute atomic E-state index is 7.59. The quantitative estimate of drug-likeness (QED) is 0.575. The predicted octanol–water partition coefficient (Wildman–Crippen LogP) is 1.49. The van der Waals surface area contributed by atoms with Crippen LogP contribution < -0.4 is 0 Å². The lowest BCUT2D eigenvalue weighted by Gasteiger charge is -2.11. The molecule has 1 unspecified atom stereocenters. The molecule has 0 aromatic carbocycles. The van der Waals surface area contributed by atoms with E-state index >= 15 is 0 Å². The van der Waals surface area contributed by atoms with Crippen molar-refractivity contribution in [2.24, 2.45) is 5.92 Å². The van der Waals surface area contributed by atoms with Crippen LogP contribution in [-0.4, -0.2) is 24.3 Å². The van der Waals surface area contributed by atoms with Gasteiger partial charge in [0, 0.05) is 19.5 Å². The van der Waals surface area contributed by atoms with Gasteiger partial charge in [0.1, 0.15) is 0 Å². The Morgan fingerprint density at radius 1 is 1.90 bits per heavy atom. The smallest absolute Gasteiger partial charge is 0.0990 e. The average molecular weight is 138 g/mol. The Balaban J connectivity index is 2.48. The third-order valence-corrected chi connectivity index (χ3v) is 2.06. The summed E-state index contributed by atoms with van der Waals surface area (Å²) in [5.41, 5.74) is 0. The Hall–Kier alpha value is -0.790. The normalized spacial score (nSPS) is 25.5. The molecular formula is C8H14N2. The summed E-state index contributed by atoms with van der Waals surface area (Å²) in [6, 6.07) is 0. The van der Waals surface area contributed by atoms with Gasteiger partial charge >= 0.3 is 0 Å². The lowest BCUT2D eigenvalue weighted by molar-refractivity contribution is 0.544. The van der Waals surface area contributed by atoms with Crippen molar-refractivity contribution in [1.82, 2.24) is 4.90 Å². The Morgan fingerprint density at radius 3 is 3.00 bits per heavy atom. The van der Waals surface area contributed by atoms with Crippen LogP contribution >= 0.6 is 0 Å². The van der Waals surface area contributed by atoms with Gasteiger partial charge in [0.2, 0.25) is 0 Å². The minimum absolute atomic E-state index is 0.447. The fourth-order valence-electron chi connectivity index (χ4n) is 1.35. The van der Waals surface area contributed by atoms with Crippen molar-refractivity contribution in [3.8, 4) is 0 Å². The van der Waals surface area contributed by atoms with E-state index in [0.717, 1.165) is 25.2 Å². The van der Waals surface area contributed by atoms with Crippen LogP contribution in [0.5, 0.6) is 0 Å². The van der Waals surface area contributed by atoms with E-state index in [1.165, 1.54) is 0 Å². The van der Waals surface area contributed by atoms with E-state index < -0.39 is 0 Å². The average Bonchev–Trinajstić information content (AvgIpc) is 2.20. The summed E-state index contributed by atoms with van der Waals surface area (Å²) >= 11 is 0. The van der Waals surface area contributed by atoms with Crippen LogP contribution in [-0.2, 0) is 0 Å². The molecule has 1 heterocycles. The molecule has 0 aliphatic carbocycles. The fourth-order valence-corrected chi connectivity index (χ4v) is 1.35. The molecule has 1 saturated heterocycles. The fraction of sp³-hybridized carbons (Fsp3) is 0.625. The molecule has 0 saturated carbocycles. The monoisotopic (exact) mass is 138 g/mol. The molecule has 1 aliphatic heterocycles. The van der Waals surface area contributed by atoms with Gasteiger partial charge in [-0.05, 0) is 12.8 Å². The summed E-state index contributed by atoms with van der Waals surface area (Å²) in [7, 11) is 1.98. The molecule has 1 N–H and O–H groups in total. The first-order valence-corrected chi connectivity index (χ1v) is 3.66. The molecule has 1 fully saturated rings. The number of allylic oxidation sites excluding steroid dienone is 1. The second kappa shape index (κ2) is 2.86. The number of nitrogens with one attached hydrogen (secondary N) is 1. The van der Waals surface area contributed by atoms with Gasteiger partial charge in [0.05, 0.1) is 5.84 Å². The Kier molecular flexibility index (Phi) is 2.10. The Morgan fingerprint density at radius 2 is 2.60 bits per heavy atom. The first-order chi connectivity index (χ1) is 4.75. The summed E-state index contributed by atoms with van der Waals surface area (Å²) in [5, 5.41) is 7.59. The third-order valence-electron chi connectivity index (χ3n) is 2.06. The van der Waals surface area contributed by atoms with E-state index in [4.69, 9.17) is 5.41 Å². The third kappa shape index (κ3) is 1.20. The van der Waals surface area contributed by atoms with Gasteiger partial charge in [-0.2, -0.15) is 0 Å². The van der Waals surface area contributed by atoms with Gasteiger partial charge in [-0.3, -0.25) is 5.41 Å². The minimum atomic E-state index is 0.447. The van der Waals surface area contributed by atoms with E-state index in [9.17, 15) is 0 Å². The molecule has 1 rings (SSSR count). The van der Waals surface area contributed by atoms with Crippen molar-refractivity contribution in [3.63, 3.8) is 0 Å². The van der Waals surface area contributed by atoms with Crippen LogP contribution in [0.2, 0.25) is 0 Å². The largest absolute Gasteiger partial charge is 0.363 e. The number of amidine groups is 1. The van der Waals surface area contributed by atoms with E-state index in [1.54, 1.807) is 0 Å². The van der Waals surface area contributed by atoms with Crippen molar-refractivity contribution >= 4 is 5.84 Å². The highest BCUT2D eigenvalue weighted by Gasteiger charge is 2.23. The molecule has 0 aromatic rings. The van der Waals surface area contributed by atoms with Crippen molar-refractivity contribution < 1.29 is 0 Å². The SMILES string of the molecule is C=CCC1CCN(C)C1=N. The molecule has 2 heteroatoms. The van der Waals surface area contributed by atoms with Crippen LogP contribution in [0.3, 0.4) is 0 Å². The molecule has 56 valence electrons. The number of hydrogen-bond donors (Lipinski definition) is 1. The molecule has 10 heavy (non-hydrogen) atoms. The molecule has 0 amide bonds. The van der Waals surface area contributed by atoms with Crippen LogP contribution in [0.25, 0.3) is 0 Å².